The molecule has 1 aromatic carbocycles. The summed E-state index contributed by atoms with van der Waals surface area (Å²) >= 11 is 0. The van der Waals surface area contributed by atoms with E-state index in [1.807, 2.05) is 30.3 Å². The highest BCUT2D eigenvalue weighted by atomic mass is 16.4. The second kappa shape index (κ2) is 3.45. The minimum atomic E-state index is -0.689. The molecule has 0 spiro atoms. The summed E-state index contributed by atoms with van der Waals surface area (Å²) in [6.07, 6.45) is 1.05. The van der Waals surface area contributed by atoms with Gasteiger partial charge in [0, 0.05) is 0 Å². The number of benzene rings is 1. The van der Waals surface area contributed by atoms with E-state index < -0.39 is 5.97 Å². The van der Waals surface area contributed by atoms with Crippen LogP contribution in [0.4, 0.5) is 0 Å². The Balaban J connectivity index is 2.24. The summed E-state index contributed by atoms with van der Waals surface area (Å²) in [5, 5.41) is 9.15. The summed E-state index contributed by atoms with van der Waals surface area (Å²) in [7, 11) is 0. The van der Waals surface area contributed by atoms with E-state index in [0.29, 0.717) is 11.8 Å². The van der Waals surface area contributed by atoms with E-state index in [1.165, 1.54) is 0 Å². The Kier molecular flexibility index (Phi) is 2.28. The number of carboxylic acid groups (broad SMARTS) is 1. The van der Waals surface area contributed by atoms with Crippen LogP contribution in [0.3, 0.4) is 0 Å². The van der Waals surface area contributed by atoms with Crippen LogP contribution in [0.25, 0.3) is 0 Å². The first kappa shape index (κ1) is 9.25. The number of carbonyl (C=O) groups is 1. The smallest absolute Gasteiger partial charge is 0.311 e. The van der Waals surface area contributed by atoms with E-state index in [-0.39, 0.29) is 5.92 Å². The molecule has 1 N–H and O–H groups in total. The Bertz CT molecular complexity index is 331. The van der Waals surface area contributed by atoms with Crippen molar-refractivity contribution in [1.82, 2.24) is 0 Å². The summed E-state index contributed by atoms with van der Waals surface area (Å²) in [5.74, 6) is -0.0806. The molecule has 2 heteroatoms. The number of rotatable bonds is 3. The first-order valence-electron chi connectivity index (χ1n) is 4.98. The summed E-state index contributed by atoms with van der Waals surface area (Å²) in [6, 6.07) is 9.53. The molecule has 1 aliphatic rings. The van der Waals surface area contributed by atoms with Crippen LogP contribution in [0.15, 0.2) is 30.3 Å². The van der Waals surface area contributed by atoms with Crippen molar-refractivity contribution in [2.24, 2.45) is 11.8 Å². The van der Waals surface area contributed by atoms with E-state index in [2.05, 4.69) is 6.92 Å². The molecule has 1 aliphatic carbocycles. The van der Waals surface area contributed by atoms with Crippen LogP contribution in [0, 0.1) is 11.8 Å². The van der Waals surface area contributed by atoms with Crippen LogP contribution in [0.5, 0.6) is 0 Å². The van der Waals surface area contributed by atoms with Gasteiger partial charge in [-0.05, 0) is 23.8 Å². The van der Waals surface area contributed by atoms with Crippen LogP contribution in [0.2, 0.25) is 0 Å². The molecule has 0 saturated heterocycles. The molecule has 0 radical (unpaired) electrons. The Morgan fingerprint density at radius 2 is 2.00 bits per heavy atom. The van der Waals surface area contributed by atoms with Gasteiger partial charge in [-0.25, -0.2) is 0 Å². The molecule has 3 atom stereocenters. The summed E-state index contributed by atoms with van der Waals surface area (Å²) in [4.78, 5) is 11.1. The largest absolute Gasteiger partial charge is 0.481 e. The van der Waals surface area contributed by atoms with E-state index >= 15 is 0 Å². The van der Waals surface area contributed by atoms with Crippen molar-refractivity contribution in [3.05, 3.63) is 35.9 Å². The molecule has 3 unspecified atom stereocenters. The zero-order valence-electron chi connectivity index (χ0n) is 8.18. The molecule has 1 aromatic rings. The standard InChI is InChI=1S/C12H14O2/c1-8-7-10(8)11(12(13)14)9-5-3-2-4-6-9/h2-6,8,10-11H,7H2,1H3,(H,13,14). The van der Waals surface area contributed by atoms with Crippen molar-refractivity contribution in [3.8, 4) is 0 Å². The highest BCUT2D eigenvalue weighted by Crippen LogP contribution is 2.48. The van der Waals surface area contributed by atoms with Crippen molar-refractivity contribution < 1.29 is 9.90 Å². The fraction of sp³-hybridized carbons (Fsp3) is 0.417. The molecule has 2 rings (SSSR count). The second-order valence-corrected chi connectivity index (χ2v) is 4.10. The van der Waals surface area contributed by atoms with Crippen molar-refractivity contribution in [2.45, 2.75) is 19.3 Å². The summed E-state index contributed by atoms with van der Waals surface area (Å²) < 4.78 is 0. The zero-order valence-corrected chi connectivity index (χ0v) is 8.18. The third-order valence-corrected chi connectivity index (χ3v) is 3.02. The third-order valence-electron chi connectivity index (χ3n) is 3.02. The quantitative estimate of drug-likeness (QED) is 0.795. The van der Waals surface area contributed by atoms with Gasteiger partial charge in [-0.3, -0.25) is 4.79 Å². The van der Waals surface area contributed by atoms with Gasteiger partial charge in [-0.15, -0.1) is 0 Å². The predicted molar refractivity (Wildman–Crippen MR) is 54.1 cm³/mol. The molecule has 2 nitrogen and oxygen atoms in total. The van der Waals surface area contributed by atoms with Crippen LogP contribution in [-0.2, 0) is 4.79 Å². The van der Waals surface area contributed by atoms with Crippen LogP contribution in [-0.4, -0.2) is 11.1 Å². The average Bonchev–Trinajstić information content (AvgIpc) is 2.84. The molecular weight excluding hydrogens is 176 g/mol. The molecule has 0 aromatic heterocycles. The maximum absolute atomic E-state index is 11.1. The summed E-state index contributed by atoms with van der Waals surface area (Å²) in [5.41, 5.74) is 0.939. The topological polar surface area (TPSA) is 37.3 Å². The zero-order chi connectivity index (χ0) is 10.1. The van der Waals surface area contributed by atoms with E-state index in [0.717, 1.165) is 12.0 Å². The van der Waals surface area contributed by atoms with Crippen molar-refractivity contribution >= 4 is 5.97 Å². The third kappa shape index (κ3) is 1.65. The highest BCUT2D eigenvalue weighted by molar-refractivity contribution is 5.77. The number of hydrogen-bond acceptors (Lipinski definition) is 1. The number of hydrogen-bond donors (Lipinski definition) is 1. The van der Waals surface area contributed by atoms with Crippen molar-refractivity contribution in [3.63, 3.8) is 0 Å². The van der Waals surface area contributed by atoms with E-state index in [9.17, 15) is 4.79 Å². The second-order valence-electron chi connectivity index (χ2n) is 4.10. The molecule has 74 valence electrons. The summed E-state index contributed by atoms with van der Waals surface area (Å²) in [6.45, 7) is 2.11. The predicted octanol–water partition coefficient (Wildman–Crippen LogP) is 2.51. The lowest BCUT2D eigenvalue weighted by atomic mass is 9.93. The van der Waals surface area contributed by atoms with Gasteiger partial charge in [-0.2, -0.15) is 0 Å². The molecule has 0 amide bonds. The van der Waals surface area contributed by atoms with Gasteiger partial charge in [0.15, 0.2) is 0 Å². The molecular formula is C12H14O2. The van der Waals surface area contributed by atoms with Gasteiger partial charge in [0.1, 0.15) is 0 Å². The lowest BCUT2D eigenvalue weighted by Gasteiger charge is -2.11. The highest BCUT2D eigenvalue weighted by Gasteiger charge is 2.43. The molecule has 0 bridgehead atoms. The minimum Gasteiger partial charge on any atom is -0.481 e. The Morgan fingerprint density at radius 1 is 1.43 bits per heavy atom. The van der Waals surface area contributed by atoms with Crippen molar-refractivity contribution in [1.29, 1.82) is 0 Å². The first-order valence-corrected chi connectivity index (χ1v) is 4.98. The molecule has 0 heterocycles. The first-order chi connectivity index (χ1) is 6.70. The van der Waals surface area contributed by atoms with E-state index in [4.69, 9.17) is 5.11 Å². The van der Waals surface area contributed by atoms with Gasteiger partial charge in [0.05, 0.1) is 5.92 Å². The Labute approximate surface area is 83.6 Å². The lowest BCUT2D eigenvalue weighted by Crippen LogP contribution is -2.14. The van der Waals surface area contributed by atoms with E-state index in [1.54, 1.807) is 0 Å². The Hall–Kier alpha value is -1.31. The van der Waals surface area contributed by atoms with Gasteiger partial charge >= 0.3 is 5.97 Å². The van der Waals surface area contributed by atoms with Gasteiger partial charge in [0.25, 0.3) is 0 Å². The SMILES string of the molecule is CC1CC1C(C(=O)O)c1ccccc1. The van der Waals surface area contributed by atoms with Gasteiger partial charge < -0.3 is 5.11 Å². The van der Waals surface area contributed by atoms with Crippen LogP contribution >= 0.6 is 0 Å². The maximum Gasteiger partial charge on any atom is 0.311 e. The van der Waals surface area contributed by atoms with Gasteiger partial charge in [0.2, 0.25) is 0 Å². The average molecular weight is 190 g/mol. The number of aliphatic carboxylic acids is 1. The molecule has 0 aliphatic heterocycles. The molecule has 14 heavy (non-hydrogen) atoms. The fourth-order valence-corrected chi connectivity index (χ4v) is 2.05. The Morgan fingerprint density at radius 3 is 2.43 bits per heavy atom. The van der Waals surface area contributed by atoms with Crippen LogP contribution < -0.4 is 0 Å². The number of carboxylic acids is 1. The molecule has 1 fully saturated rings. The van der Waals surface area contributed by atoms with Gasteiger partial charge in [-0.1, -0.05) is 37.3 Å². The van der Waals surface area contributed by atoms with Crippen molar-refractivity contribution in [2.75, 3.05) is 0 Å². The minimum absolute atomic E-state index is 0.300. The van der Waals surface area contributed by atoms with Crippen LogP contribution in [0.1, 0.15) is 24.8 Å². The monoisotopic (exact) mass is 190 g/mol. The maximum atomic E-state index is 11.1. The molecule has 1 saturated carbocycles. The fourth-order valence-electron chi connectivity index (χ4n) is 2.05. The lowest BCUT2D eigenvalue weighted by molar-refractivity contribution is -0.139. The normalized spacial score (nSPS) is 26.9.